The minimum Gasteiger partial charge on any atom is -0.339 e. The molecule has 0 bridgehead atoms. The molecule has 2 fully saturated rings. The molecule has 0 N–H and O–H groups in total. The molecule has 2 unspecified atom stereocenters. The lowest BCUT2D eigenvalue weighted by Gasteiger charge is -2.36. The van der Waals surface area contributed by atoms with Crippen LogP contribution in [0.25, 0.3) is 0 Å². The maximum absolute atomic E-state index is 12.8. The number of hydrogen-bond acceptors (Lipinski definition) is 1. The Labute approximate surface area is 120 Å². The first-order chi connectivity index (χ1) is 8.74. The summed E-state index contributed by atoms with van der Waals surface area (Å²) >= 11 is 3.51. The number of carbonyl (C=O) groups is 1. The molecule has 18 heavy (non-hydrogen) atoms. The van der Waals surface area contributed by atoms with Crippen LogP contribution in [0.2, 0.25) is 0 Å². The molecule has 0 spiro atoms. The molecule has 2 saturated carbocycles. The van der Waals surface area contributed by atoms with Gasteiger partial charge in [0.25, 0.3) is 0 Å². The quantitative estimate of drug-likeness (QED) is 0.719. The molecule has 2 aliphatic carbocycles. The third-order valence-corrected chi connectivity index (χ3v) is 5.16. The Hall–Kier alpha value is -0.0500. The van der Waals surface area contributed by atoms with E-state index in [0.717, 1.165) is 18.3 Å². The van der Waals surface area contributed by atoms with E-state index in [1.165, 1.54) is 44.9 Å². The number of nitrogens with zero attached hydrogens (tertiary/aromatic N) is 1. The van der Waals surface area contributed by atoms with Crippen molar-refractivity contribution in [3.63, 3.8) is 0 Å². The van der Waals surface area contributed by atoms with Crippen LogP contribution in [0.3, 0.4) is 0 Å². The molecule has 0 aliphatic heterocycles. The number of rotatable bonds is 4. The summed E-state index contributed by atoms with van der Waals surface area (Å²) in [5.41, 5.74) is 0. The minimum absolute atomic E-state index is 0.311. The molecule has 2 rings (SSSR count). The molecule has 2 nitrogen and oxygen atoms in total. The Morgan fingerprint density at radius 2 is 1.83 bits per heavy atom. The van der Waals surface area contributed by atoms with E-state index in [1.807, 2.05) is 0 Å². The lowest BCUT2D eigenvalue weighted by Crippen LogP contribution is -2.46. The number of halogens is 1. The highest BCUT2D eigenvalue weighted by atomic mass is 79.9. The molecule has 0 radical (unpaired) electrons. The first kappa shape index (κ1) is 14.4. The number of carbonyl (C=O) groups excluding carboxylic acids is 1. The third kappa shape index (κ3) is 3.28. The highest BCUT2D eigenvalue weighted by Crippen LogP contribution is 2.34. The maximum atomic E-state index is 12.8. The highest BCUT2D eigenvalue weighted by molar-refractivity contribution is 9.09. The van der Waals surface area contributed by atoms with Gasteiger partial charge in [-0.3, -0.25) is 4.79 Å². The van der Waals surface area contributed by atoms with Gasteiger partial charge in [-0.05, 0) is 31.6 Å². The molecule has 0 aromatic carbocycles. The van der Waals surface area contributed by atoms with Gasteiger partial charge in [0.15, 0.2) is 0 Å². The Morgan fingerprint density at radius 3 is 2.39 bits per heavy atom. The van der Waals surface area contributed by atoms with Crippen molar-refractivity contribution in [2.24, 2.45) is 11.8 Å². The fourth-order valence-corrected chi connectivity index (χ4v) is 4.06. The van der Waals surface area contributed by atoms with Gasteiger partial charge in [-0.15, -0.1) is 0 Å². The third-order valence-electron chi connectivity index (χ3n) is 4.80. The van der Waals surface area contributed by atoms with E-state index in [-0.39, 0.29) is 0 Å². The summed E-state index contributed by atoms with van der Waals surface area (Å²) in [5, 5.41) is 0.913. The topological polar surface area (TPSA) is 20.3 Å². The monoisotopic (exact) mass is 315 g/mol. The molecule has 2 atom stereocenters. The lowest BCUT2D eigenvalue weighted by atomic mass is 9.91. The smallest absolute Gasteiger partial charge is 0.226 e. The Kier molecular flexibility index (Phi) is 5.53. The van der Waals surface area contributed by atoms with Crippen molar-refractivity contribution in [1.82, 2.24) is 4.90 Å². The summed E-state index contributed by atoms with van der Waals surface area (Å²) in [6.45, 7) is 3.15. The summed E-state index contributed by atoms with van der Waals surface area (Å²) < 4.78 is 0. The first-order valence-corrected chi connectivity index (χ1v) is 8.72. The zero-order valence-electron chi connectivity index (χ0n) is 11.5. The molecule has 0 aromatic heterocycles. The van der Waals surface area contributed by atoms with Crippen LogP contribution in [0.1, 0.15) is 58.3 Å². The van der Waals surface area contributed by atoms with Crippen molar-refractivity contribution < 1.29 is 4.79 Å². The van der Waals surface area contributed by atoms with Crippen LogP contribution in [0.5, 0.6) is 0 Å². The van der Waals surface area contributed by atoms with Crippen molar-refractivity contribution in [3.05, 3.63) is 0 Å². The molecule has 0 heterocycles. The van der Waals surface area contributed by atoms with Gasteiger partial charge >= 0.3 is 0 Å². The Balaban J connectivity index is 2.01. The molecule has 0 aromatic rings. The predicted molar refractivity (Wildman–Crippen MR) is 78.9 cm³/mol. The molecule has 0 saturated heterocycles. The van der Waals surface area contributed by atoms with Gasteiger partial charge in [0, 0.05) is 23.8 Å². The van der Waals surface area contributed by atoms with Gasteiger partial charge in [-0.2, -0.15) is 0 Å². The second-order valence-electron chi connectivity index (χ2n) is 6.03. The van der Waals surface area contributed by atoms with E-state index < -0.39 is 0 Å². The number of alkyl halides is 1. The van der Waals surface area contributed by atoms with Gasteiger partial charge in [-0.1, -0.05) is 48.5 Å². The van der Waals surface area contributed by atoms with Gasteiger partial charge in [-0.25, -0.2) is 0 Å². The molecule has 3 heteroatoms. The standard InChI is InChI=1S/C15H26BrNO/c1-12-6-5-9-14(12)15(18)17(11-10-16)13-7-3-2-4-8-13/h12-14H,2-11H2,1H3. The molecular formula is C15H26BrNO. The van der Waals surface area contributed by atoms with Crippen molar-refractivity contribution in [1.29, 1.82) is 0 Å². The zero-order chi connectivity index (χ0) is 13.0. The van der Waals surface area contributed by atoms with Crippen molar-refractivity contribution in [3.8, 4) is 0 Å². The average molecular weight is 316 g/mol. The van der Waals surface area contributed by atoms with Gasteiger partial charge in [0.1, 0.15) is 0 Å². The van der Waals surface area contributed by atoms with E-state index in [9.17, 15) is 4.79 Å². The fraction of sp³-hybridized carbons (Fsp3) is 0.933. The van der Waals surface area contributed by atoms with Gasteiger partial charge in [0.05, 0.1) is 0 Å². The molecule has 2 aliphatic rings. The molecule has 104 valence electrons. The van der Waals surface area contributed by atoms with E-state index in [1.54, 1.807) is 0 Å². The Bertz CT molecular complexity index is 276. The largest absolute Gasteiger partial charge is 0.339 e. The minimum atomic E-state index is 0.311. The summed E-state index contributed by atoms with van der Waals surface area (Å²) in [7, 11) is 0. The number of hydrogen-bond donors (Lipinski definition) is 0. The number of amides is 1. The highest BCUT2D eigenvalue weighted by Gasteiger charge is 2.35. The maximum Gasteiger partial charge on any atom is 0.226 e. The van der Waals surface area contributed by atoms with E-state index in [0.29, 0.717) is 23.8 Å². The summed E-state index contributed by atoms with van der Waals surface area (Å²) in [6.07, 6.45) is 10.00. The van der Waals surface area contributed by atoms with Crippen LogP contribution >= 0.6 is 15.9 Å². The average Bonchev–Trinajstić information content (AvgIpc) is 2.82. The molecule has 1 amide bonds. The SMILES string of the molecule is CC1CCCC1C(=O)N(CCBr)C1CCCCC1. The summed E-state index contributed by atoms with van der Waals surface area (Å²) in [4.78, 5) is 15.0. The van der Waals surface area contributed by atoms with E-state index in [4.69, 9.17) is 0 Å². The Morgan fingerprint density at radius 1 is 1.11 bits per heavy atom. The second-order valence-corrected chi connectivity index (χ2v) is 6.82. The van der Waals surface area contributed by atoms with Crippen molar-refractivity contribution in [2.45, 2.75) is 64.3 Å². The second kappa shape index (κ2) is 6.93. The van der Waals surface area contributed by atoms with Crippen LogP contribution < -0.4 is 0 Å². The first-order valence-electron chi connectivity index (χ1n) is 7.60. The van der Waals surface area contributed by atoms with Crippen molar-refractivity contribution >= 4 is 21.8 Å². The van der Waals surface area contributed by atoms with Gasteiger partial charge < -0.3 is 4.90 Å². The van der Waals surface area contributed by atoms with Crippen LogP contribution in [-0.4, -0.2) is 28.7 Å². The van der Waals surface area contributed by atoms with Crippen LogP contribution in [0.15, 0.2) is 0 Å². The van der Waals surface area contributed by atoms with Gasteiger partial charge in [0.2, 0.25) is 5.91 Å². The zero-order valence-corrected chi connectivity index (χ0v) is 13.1. The summed E-state index contributed by atoms with van der Waals surface area (Å²) in [5.74, 6) is 1.36. The fourth-order valence-electron chi connectivity index (χ4n) is 3.68. The lowest BCUT2D eigenvalue weighted by molar-refractivity contribution is -0.139. The van der Waals surface area contributed by atoms with E-state index >= 15 is 0 Å². The van der Waals surface area contributed by atoms with Crippen LogP contribution in [-0.2, 0) is 4.79 Å². The van der Waals surface area contributed by atoms with Crippen LogP contribution in [0.4, 0.5) is 0 Å². The van der Waals surface area contributed by atoms with Crippen LogP contribution in [0, 0.1) is 11.8 Å². The van der Waals surface area contributed by atoms with Crippen molar-refractivity contribution in [2.75, 3.05) is 11.9 Å². The summed E-state index contributed by atoms with van der Waals surface area (Å²) in [6, 6.07) is 0.525. The predicted octanol–water partition coefficient (Wildman–Crippen LogP) is 3.98. The van der Waals surface area contributed by atoms with E-state index in [2.05, 4.69) is 27.8 Å². The normalized spacial score (nSPS) is 29.4. The molecular weight excluding hydrogens is 290 g/mol.